The highest BCUT2D eigenvalue weighted by molar-refractivity contribution is 5.99. The lowest BCUT2D eigenvalue weighted by Crippen LogP contribution is -2.19. The highest BCUT2D eigenvalue weighted by Crippen LogP contribution is 2.12. The molecule has 2 N–H and O–H groups in total. The van der Waals surface area contributed by atoms with E-state index in [1.165, 1.54) is 12.3 Å². The number of urea groups is 1. The first-order chi connectivity index (χ1) is 11.2. The van der Waals surface area contributed by atoms with Gasteiger partial charge in [-0.2, -0.15) is 5.10 Å². The maximum Gasteiger partial charge on any atom is 0.323 e. The number of carbonyl (C=O) groups is 1. The van der Waals surface area contributed by atoms with E-state index in [9.17, 15) is 9.18 Å². The second kappa shape index (κ2) is 6.74. The Hall–Kier alpha value is -3.15. The SMILES string of the molecule is O=C(Nc1ccccc1)Nc1cnn(Cc2ccccc2F)c1. The van der Waals surface area contributed by atoms with E-state index in [1.807, 2.05) is 18.2 Å². The van der Waals surface area contributed by atoms with Gasteiger partial charge in [0.1, 0.15) is 5.82 Å². The van der Waals surface area contributed by atoms with Crippen molar-refractivity contribution in [2.45, 2.75) is 6.54 Å². The summed E-state index contributed by atoms with van der Waals surface area (Å²) in [5, 5.41) is 9.52. The van der Waals surface area contributed by atoms with Gasteiger partial charge in [-0.15, -0.1) is 0 Å². The van der Waals surface area contributed by atoms with E-state index in [2.05, 4.69) is 15.7 Å². The van der Waals surface area contributed by atoms with Crippen LogP contribution in [0.5, 0.6) is 0 Å². The van der Waals surface area contributed by atoms with Crippen LogP contribution in [0, 0.1) is 5.82 Å². The molecule has 6 heteroatoms. The largest absolute Gasteiger partial charge is 0.323 e. The van der Waals surface area contributed by atoms with Crippen molar-refractivity contribution in [2.24, 2.45) is 0 Å². The highest BCUT2D eigenvalue weighted by atomic mass is 19.1. The number of hydrogen-bond acceptors (Lipinski definition) is 2. The Morgan fingerprint density at radius 1 is 1.00 bits per heavy atom. The summed E-state index contributed by atoms with van der Waals surface area (Å²) in [5.41, 5.74) is 1.77. The molecule has 2 amide bonds. The van der Waals surface area contributed by atoms with Crippen LogP contribution in [0.15, 0.2) is 67.0 Å². The summed E-state index contributed by atoms with van der Waals surface area (Å²) in [6.45, 7) is 0.300. The number of nitrogens with zero attached hydrogens (tertiary/aromatic N) is 2. The zero-order chi connectivity index (χ0) is 16.1. The minimum atomic E-state index is -0.360. The molecule has 0 aliphatic carbocycles. The Labute approximate surface area is 132 Å². The van der Waals surface area contributed by atoms with Gasteiger partial charge in [0.2, 0.25) is 0 Å². The summed E-state index contributed by atoms with van der Waals surface area (Å²) >= 11 is 0. The average Bonchev–Trinajstić information content (AvgIpc) is 2.97. The van der Waals surface area contributed by atoms with Crippen LogP contribution >= 0.6 is 0 Å². The van der Waals surface area contributed by atoms with Crippen molar-refractivity contribution in [1.82, 2.24) is 9.78 Å². The molecule has 1 heterocycles. The first kappa shape index (κ1) is 14.8. The Bertz CT molecular complexity index is 801. The third-order valence-corrected chi connectivity index (χ3v) is 3.21. The number of nitrogens with one attached hydrogen (secondary N) is 2. The van der Waals surface area contributed by atoms with Gasteiger partial charge in [0.25, 0.3) is 0 Å². The third-order valence-electron chi connectivity index (χ3n) is 3.21. The third kappa shape index (κ3) is 3.94. The molecule has 2 aromatic carbocycles. The number of carbonyl (C=O) groups excluding carboxylic acids is 1. The standard InChI is InChI=1S/C17H15FN4O/c18-16-9-5-4-6-13(16)11-22-12-15(10-19-22)21-17(23)20-14-7-2-1-3-8-14/h1-10,12H,11H2,(H2,20,21,23). The lowest BCUT2D eigenvalue weighted by atomic mass is 10.2. The normalized spacial score (nSPS) is 10.3. The van der Waals surface area contributed by atoms with Gasteiger partial charge in [-0.05, 0) is 18.2 Å². The quantitative estimate of drug-likeness (QED) is 0.771. The summed E-state index contributed by atoms with van der Waals surface area (Å²) in [6, 6.07) is 15.3. The molecule has 116 valence electrons. The smallest absolute Gasteiger partial charge is 0.308 e. The van der Waals surface area contributed by atoms with Crippen LogP contribution in [0.1, 0.15) is 5.56 Å². The van der Waals surface area contributed by atoms with Crippen molar-refractivity contribution in [2.75, 3.05) is 10.6 Å². The Balaban J connectivity index is 1.61. The molecule has 3 rings (SSSR count). The van der Waals surface area contributed by atoms with Crippen molar-refractivity contribution in [1.29, 1.82) is 0 Å². The van der Waals surface area contributed by atoms with Crippen LogP contribution in [0.25, 0.3) is 0 Å². The van der Waals surface area contributed by atoms with Crippen LogP contribution in [0.3, 0.4) is 0 Å². The van der Waals surface area contributed by atoms with Crippen molar-refractivity contribution < 1.29 is 9.18 Å². The minimum Gasteiger partial charge on any atom is -0.308 e. The number of amides is 2. The molecule has 23 heavy (non-hydrogen) atoms. The number of benzene rings is 2. The Kier molecular flexibility index (Phi) is 4.33. The van der Waals surface area contributed by atoms with Crippen LogP contribution in [0.4, 0.5) is 20.6 Å². The van der Waals surface area contributed by atoms with Crippen LogP contribution in [0.2, 0.25) is 0 Å². The van der Waals surface area contributed by atoms with Gasteiger partial charge in [-0.1, -0.05) is 36.4 Å². The molecule has 0 atom stereocenters. The molecule has 0 unspecified atom stereocenters. The number of hydrogen-bond donors (Lipinski definition) is 2. The summed E-state index contributed by atoms with van der Waals surface area (Å²) in [5.74, 6) is -0.278. The predicted octanol–water partition coefficient (Wildman–Crippen LogP) is 3.71. The molecule has 0 aliphatic rings. The van der Waals surface area contributed by atoms with E-state index in [4.69, 9.17) is 0 Å². The molecule has 0 saturated carbocycles. The van der Waals surface area contributed by atoms with E-state index in [-0.39, 0.29) is 11.8 Å². The monoisotopic (exact) mass is 310 g/mol. The fourth-order valence-electron chi connectivity index (χ4n) is 2.13. The van der Waals surface area contributed by atoms with E-state index in [0.717, 1.165) is 0 Å². The maximum absolute atomic E-state index is 13.6. The molecular weight excluding hydrogens is 295 g/mol. The maximum atomic E-state index is 13.6. The van der Waals surface area contributed by atoms with Gasteiger partial charge in [-0.3, -0.25) is 4.68 Å². The van der Waals surface area contributed by atoms with E-state index in [1.54, 1.807) is 41.2 Å². The predicted molar refractivity (Wildman–Crippen MR) is 86.8 cm³/mol. The molecule has 3 aromatic rings. The van der Waals surface area contributed by atoms with Crippen molar-refractivity contribution >= 4 is 17.4 Å². The van der Waals surface area contributed by atoms with Crippen LogP contribution in [-0.4, -0.2) is 15.8 Å². The summed E-state index contributed by atoms with van der Waals surface area (Å²) < 4.78 is 15.2. The zero-order valence-electron chi connectivity index (χ0n) is 12.2. The van der Waals surface area contributed by atoms with E-state index in [0.29, 0.717) is 23.5 Å². The van der Waals surface area contributed by atoms with Crippen LogP contribution in [-0.2, 0) is 6.54 Å². The lowest BCUT2D eigenvalue weighted by molar-refractivity contribution is 0.262. The minimum absolute atomic E-state index is 0.278. The summed E-state index contributed by atoms with van der Waals surface area (Å²) in [7, 11) is 0. The second-order valence-electron chi connectivity index (χ2n) is 4.96. The summed E-state index contributed by atoms with van der Waals surface area (Å²) in [4.78, 5) is 11.9. The van der Waals surface area contributed by atoms with Gasteiger partial charge in [0.05, 0.1) is 18.4 Å². The fraction of sp³-hybridized carbons (Fsp3) is 0.0588. The zero-order valence-corrected chi connectivity index (χ0v) is 12.2. The van der Waals surface area contributed by atoms with E-state index < -0.39 is 0 Å². The number of anilines is 2. The molecule has 5 nitrogen and oxygen atoms in total. The highest BCUT2D eigenvalue weighted by Gasteiger charge is 2.06. The van der Waals surface area contributed by atoms with Gasteiger partial charge < -0.3 is 10.6 Å². The van der Waals surface area contributed by atoms with Crippen molar-refractivity contribution in [3.63, 3.8) is 0 Å². The molecule has 0 saturated heterocycles. The lowest BCUT2D eigenvalue weighted by Gasteiger charge is -2.05. The molecule has 0 bridgehead atoms. The molecule has 0 spiro atoms. The molecule has 1 aromatic heterocycles. The van der Waals surface area contributed by atoms with Crippen molar-refractivity contribution in [3.05, 3.63) is 78.4 Å². The second-order valence-corrected chi connectivity index (χ2v) is 4.96. The topological polar surface area (TPSA) is 59.0 Å². The van der Waals surface area contributed by atoms with E-state index >= 15 is 0 Å². The first-order valence-corrected chi connectivity index (χ1v) is 7.09. The Morgan fingerprint density at radius 3 is 2.48 bits per heavy atom. The molecule has 0 aliphatic heterocycles. The van der Waals surface area contributed by atoms with Crippen molar-refractivity contribution in [3.8, 4) is 0 Å². The molecule has 0 radical (unpaired) electrons. The Morgan fingerprint density at radius 2 is 1.70 bits per heavy atom. The average molecular weight is 310 g/mol. The van der Waals surface area contributed by atoms with Gasteiger partial charge in [0, 0.05) is 17.4 Å². The molecule has 0 fully saturated rings. The molecular formula is C17H15FN4O. The van der Waals surface area contributed by atoms with Gasteiger partial charge >= 0.3 is 6.03 Å². The number of halogens is 1. The summed E-state index contributed by atoms with van der Waals surface area (Å²) in [6.07, 6.45) is 3.17. The first-order valence-electron chi connectivity index (χ1n) is 7.09. The van der Waals surface area contributed by atoms with Crippen LogP contribution < -0.4 is 10.6 Å². The fourth-order valence-corrected chi connectivity index (χ4v) is 2.13. The van der Waals surface area contributed by atoms with Gasteiger partial charge in [0.15, 0.2) is 0 Å². The number of rotatable bonds is 4. The van der Waals surface area contributed by atoms with Gasteiger partial charge in [-0.25, -0.2) is 9.18 Å². The number of aromatic nitrogens is 2. The number of para-hydroxylation sites is 1.